The van der Waals surface area contributed by atoms with Crippen LogP contribution in [0.25, 0.3) is 39.6 Å². The minimum absolute atomic E-state index is 0.439. The number of H-pyrrole nitrogens is 1. The van der Waals surface area contributed by atoms with Gasteiger partial charge in [0.25, 0.3) is 0 Å². The highest BCUT2D eigenvalue weighted by atomic mass is 16.5. The zero-order valence-electron chi connectivity index (χ0n) is 20.3. The molecule has 0 aliphatic carbocycles. The molecule has 2 heterocycles. The molecule has 5 rings (SSSR count). The molecule has 1 N–H and O–H groups in total. The van der Waals surface area contributed by atoms with Gasteiger partial charge in [0.05, 0.1) is 34.6 Å². The molecule has 0 aliphatic rings. The van der Waals surface area contributed by atoms with E-state index >= 15 is 0 Å². The van der Waals surface area contributed by atoms with Crippen molar-refractivity contribution < 1.29 is 4.74 Å². The van der Waals surface area contributed by atoms with Crippen LogP contribution < -0.4 is 4.74 Å². The van der Waals surface area contributed by atoms with Crippen molar-refractivity contribution in [1.82, 2.24) is 19.7 Å². The Hall–Kier alpha value is -4.63. The monoisotopic (exact) mass is 473 g/mol. The van der Waals surface area contributed by atoms with Crippen LogP contribution in [0.3, 0.4) is 0 Å². The molecule has 0 saturated heterocycles. The molecule has 0 spiro atoms. The van der Waals surface area contributed by atoms with Gasteiger partial charge in [0.1, 0.15) is 17.6 Å². The maximum Gasteiger partial charge on any atom is 0.149 e. The van der Waals surface area contributed by atoms with E-state index < -0.39 is 0 Å². The van der Waals surface area contributed by atoms with Crippen molar-refractivity contribution in [2.45, 2.75) is 20.3 Å². The van der Waals surface area contributed by atoms with Crippen LogP contribution in [-0.4, -0.2) is 26.4 Å². The minimum atomic E-state index is 0.439. The van der Waals surface area contributed by atoms with E-state index in [1.54, 1.807) is 0 Å². The fraction of sp³-hybridized carbons (Fsp3) is 0.167. The lowest BCUT2D eigenvalue weighted by molar-refractivity contribution is 0.289. The van der Waals surface area contributed by atoms with E-state index in [0.29, 0.717) is 23.9 Å². The number of para-hydroxylation sites is 3. The number of aromatic amines is 1. The standard InChI is InChI=1S/C30H27N5O/c1-21(2)16-17-36-26-14-12-22(13-15-26)29-24(20-35(34-29)25-8-4-3-5-9-25)18-23(19-31)30-32-27-10-6-7-11-28(27)33-30/h3-15,18,20-21H,16-17H2,1-2H3,(H,32,33)/b23-18-. The number of imidazole rings is 1. The molecule has 6 nitrogen and oxygen atoms in total. The van der Waals surface area contributed by atoms with Gasteiger partial charge in [-0.2, -0.15) is 10.4 Å². The number of rotatable bonds is 8. The van der Waals surface area contributed by atoms with Crippen molar-refractivity contribution >= 4 is 22.7 Å². The van der Waals surface area contributed by atoms with Gasteiger partial charge in [0.2, 0.25) is 0 Å². The number of nitriles is 1. The largest absolute Gasteiger partial charge is 0.494 e. The molecular weight excluding hydrogens is 446 g/mol. The second-order valence-electron chi connectivity index (χ2n) is 9.04. The van der Waals surface area contributed by atoms with Gasteiger partial charge >= 0.3 is 0 Å². The van der Waals surface area contributed by atoms with Crippen molar-refractivity contribution in [3.05, 3.63) is 96.4 Å². The third-order valence-electron chi connectivity index (χ3n) is 5.92. The number of fused-ring (bicyclic) bond motifs is 1. The zero-order chi connectivity index (χ0) is 24.9. The summed E-state index contributed by atoms with van der Waals surface area (Å²) >= 11 is 0. The van der Waals surface area contributed by atoms with Crippen LogP contribution in [-0.2, 0) is 0 Å². The molecule has 0 fully saturated rings. The molecule has 0 aliphatic heterocycles. The Labute approximate surface area is 210 Å². The van der Waals surface area contributed by atoms with Crippen LogP contribution in [0.1, 0.15) is 31.7 Å². The Morgan fingerprint density at radius 2 is 1.78 bits per heavy atom. The molecule has 6 heteroatoms. The van der Waals surface area contributed by atoms with Gasteiger partial charge in [0.15, 0.2) is 0 Å². The van der Waals surface area contributed by atoms with E-state index in [2.05, 4.69) is 29.9 Å². The van der Waals surface area contributed by atoms with Crippen LogP contribution in [0.4, 0.5) is 0 Å². The molecule has 178 valence electrons. The number of nitrogens with zero attached hydrogens (tertiary/aromatic N) is 4. The van der Waals surface area contributed by atoms with E-state index in [0.717, 1.165) is 45.7 Å². The molecule has 2 aromatic heterocycles. The number of hydrogen-bond acceptors (Lipinski definition) is 4. The van der Waals surface area contributed by atoms with Crippen molar-refractivity contribution in [3.8, 4) is 28.8 Å². The molecule has 5 aromatic rings. The summed E-state index contributed by atoms with van der Waals surface area (Å²) in [5.41, 5.74) is 5.63. The van der Waals surface area contributed by atoms with E-state index in [1.807, 2.05) is 95.8 Å². The Bertz CT molecular complexity index is 1500. The third-order valence-corrected chi connectivity index (χ3v) is 5.92. The van der Waals surface area contributed by atoms with Gasteiger partial charge in [-0.05, 0) is 66.9 Å². The Morgan fingerprint density at radius 3 is 2.50 bits per heavy atom. The molecule has 0 atom stereocenters. The molecule has 0 amide bonds. The van der Waals surface area contributed by atoms with E-state index in [1.165, 1.54) is 0 Å². The predicted octanol–water partition coefficient (Wildman–Crippen LogP) is 6.90. The predicted molar refractivity (Wildman–Crippen MR) is 144 cm³/mol. The Kier molecular flexibility index (Phi) is 6.63. The van der Waals surface area contributed by atoms with Gasteiger partial charge < -0.3 is 9.72 Å². The minimum Gasteiger partial charge on any atom is -0.494 e. The van der Waals surface area contributed by atoms with Gasteiger partial charge in [0, 0.05) is 17.3 Å². The van der Waals surface area contributed by atoms with Crippen LogP contribution in [0, 0.1) is 17.2 Å². The molecular formula is C30H27N5O. The van der Waals surface area contributed by atoms with Crippen molar-refractivity contribution in [3.63, 3.8) is 0 Å². The quantitative estimate of drug-likeness (QED) is 0.249. The number of nitrogens with one attached hydrogen (secondary N) is 1. The van der Waals surface area contributed by atoms with Crippen molar-refractivity contribution in [1.29, 1.82) is 5.26 Å². The van der Waals surface area contributed by atoms with Gasteiger partial charge in [-0.3, -0.25) is 0 Å². The number of ether oxygens (including phenoxy) is 1. The Balaban J connectivity index is 1.53. The normalized spacial score (nSPS) is 11.7. The topological polar surface area (TPSA) is 79.5 Å². The van der Waals surface area contributed by atoms with E-state index in [-0.39, 0.29) is 0 Å². The lowest BCUT2D eigenvalue weighted by atomic mass is 10.1. The first kappa shape index (κ1) is 23.1. The first-order chi connectivity index (χ1) is 17.6. The maximum atomic E-state index is 9.99. The highest BCUT2D eigenvalue weighted by Crippen LogP contribution is 2.29. The average molecular weight is 474 g/mol. The summed E-state index contributed by atoms with van der Waals surface area (Å²) in [6.07, 6.45) is 4.79. The zero-order valence-corrected chi connectivity index (χ0v) is 20.3. The highest BCUT2D eigenvalue weighted by Gasteiger charge is 2.15. The van der Waals surface area contributed by atoms with Crippen LogP contribution in [0.2, 0.25) is 0 Å². The molecule has 0 bridgehead atoms. The maximum absolute atomic E-state index is 9.99. The number of benzene rings is 3. The van der Waals surface area contributed by atoms with E-state index in [9.17, 15) is 5.26 Å². The smallest absolute Gasteiger partial charge is 0.149 e. The fourth-order valence-electron chi connectivity index (χ4n) is 3.94. The lowest BCUT2D eigenvalue weighted by Crippen LogP contribution is -2.01. The van der Waals surface area contributed by atoms with Gasteiger partial charge in [-0.15, -0.1) is 0 Å². The molecule has 36 heavy (non-hydrogen) atoms. The van der Waals surface area contributed by atoms with Gasteiger partial charge in [-0.1, -0.05) is 44.2 Å². The summed E-state index contributed by atoms with van der Waals surface area (Å²) in [6, 6.07) is 27.9. The second kappa shape index (κ2) is 10.3. The van der Waals surface area contributed by atoms with Crippen molar-refractivity contribution in [2.24, 2.45) is 5.92 Å². The summed E-state index contributed by atoms with van der Waals surface area (Å²) in [6.45, 7) is 5.06. The summed E-state index contributed by atoms with van der Waals surface area (Å²) in [5.74, 6) is 1.96. The third kappa shape index (κ3) is 5.06. The van der Waals surface area contributed by atoms with Crippen LogP contribution in [0.15, 0.2) is 85.1 Å². The first-order valence-corrected chi connectivity index (χ1v) is 12.1. The Morgan fingerprint density at radius 1 is 1.03 bits per heavy atom. The SMILES string of the molecule is CC(C)CCOc1ccc(-c2nn(-c3ccccc3)cc2/C=C(/C#N)c2nc3ccccc3[nH]2)cc1. The average Bonchev–Trinajstić information content (AvgIpc) is 3.52. The number of allylic oxidation sites excluding steroid dienone is 1. The lowest BCUT2D eigenvalue weighted by Gasteiger charge is -2.08. The van der Waals surface area contributed by atoms with E-state index in [4.69, 9.17) is 9.84 Å². The molecule has 0 saturated carbocycles. The molecule has 0 unspecified atom stereocenters. The fourth-order valence-corrected chi connectivity index (χ4v) is 3.94. The summed E-state index contributed by atoms with van der Waals surface area (Å²) in [5, 5.41) is 14.9. The van der Waals surface area contributed by atoms with Crippen LogP contribution in [0.5, 0.6) is 5.75 Å². The highest BCUT2D eigenvalue weighted by molar-refractivity contribution is 5.92. The molecule has 3 aromatic carbocycles. The van der Waals surface area contributed by atoms with Gasteiger partial charge in [-0.25, -0.2) is 9.67 Å². The molecule has 0 radical (unpaired) electrons. The second-order valence-corrected chi connectivity index (χ2v) is 9.04. The first-order valence-electron chi connectivity index (χ1n) is 12.1. The summed E-state index contributed by atoms with van der Waals surface area (Å²) < 4.78 is 7.72. The summed E-state index contributed by atoms with van der Waals surface area (Å²) in [7, 11) is 0. The van der Waals surface area contributed by atoms with Crippen LogP contribution >= 0.6 is 0 Å². The summed E-state index contributed by atoms with van der Waals surface area (Å²) in [4.78, 5) is 7.86. The van der Waals surface area contributed by atoms with Crippen molar-refractivity contribution in [2.75, 3.05) is 6.61 Å². The number of hydrogen-bond donors (Lipinski definition) is 1. The number of aromatic nitrogens is 4.